The maximum absolute atomic E-state index is 11.1. The minimum absolute atomic E-state index is 0.102. The van der Waals surface area contributed by atoms with Crippen LogP contribution in [0.15, 0.2) is 18.2 Å². The van der Waals surface area contributed by atoms with Crippen molar-refractivity contribution < 1.29 is 14.6 Å². The van der Waals surface area contributed by atoms with Crippen molar-refractivity contribution in [2.24, 2.45) is 7.05 Å². The summed E-state index contributed by atoms with van der Waals surface area (Å²) in [4.78, 5) is 11.1. The molecule has 1 heterocycles. The lowest BCUT2D eigenvalue weighted by Crippen LogP contribution is -1.95. The van der Waals surface area contributed by atoms with Gasteiger partial charge >= 0.3 is 0 Å². The number of hydrogen-bond donors (Lipinski definition) is 1. The minimum Gasteiger partial charge on any atom is -0.504 e. The first-order valence-electron chi connectivity index (χ1n) is 5.99. The van der Waals surface area contributed by atoms with Crippen molar-refractivity contribution in [2.45, 2.75) is 13.8 Å². The predicted molar refractivity (Wildman–Crippen MR) is 73.9 cm³/mol. The molecule has 0 aliphatic heterocycles. The molecule has 0 aliphatic carbocycles. The number of methoxy groups -OCH3 is 1. The van der Waals surface area contributed by atoms with E-state index in [-0.39, 0.29) is 5.75 Å². The fourth-order valence-corrected chi connectivity index (χ4v) is 2.41. The van der Waals surface area contributed by atoms with E-state index >= 15 is 0 Å². The van der Waals surface area contributed by atoms with E-state index in [2.05, 4.69) is 0 Å². The van der Waals surface area contributed by atoms with E-state index in [0.717, 1.165) is 28.8 Å². The second kappa shape index (κ2) is 4.80. The van der Waals surface area contributed by atoms with E-state index in [0.29, 0.717) is 11.3 Å². The maximum Gasteiger partial charge on any atom is 0.161 e. The number of aldehydes is 1. The third-order valence-electron chi connectivity index (χ3n) is 3.56. The summed E-state index contributed by atoms with van der Waals surface area (Å²) < 4.78 is 7.10. The van der Waals surface area contributed by atoms with Crippen LogP contribution in [0.3, 0.4) is 0 Å². The molecule has 4 heteroatoms. The van der Waals surface area contributed by atoms with Crippen molar-refractivity contribution in [1.29, 1.82) is 0 Å². The molecule has 0 aliphatic rings. The van der Waals surface area contributed by atoms with Crippen molar-refractivity contribution in [1.82, 2.24) is 4.57 Å². The van der Waals surface area contributed by atoms with Gasteiger partial charge in [0.05, 0.1) is 12.8 Å². The third kappa shape index (κ3) is 1.99. The van der Waals surface area contributed by atoms with Crippen LogP contribution in [0, 0.1) is 13.8 Å². The van der Waals surface area contributed by atoms with Crippen LogP contribution in [0.1, 0.15) is 21.6 Å². The zero-order valence-corrected chi connectivity index (χ0v) is 11.5. The lowest BCUT2D eigenvalue weighted by Gasteiger charge is -2.09. The molecule has 19 heavy (non-hydrogen) atoms. The Morgan fingerprint density at radius 1 is 1.32 bits per heavy atom. The fraction of sp³-hybridized carbons (Fsp3) is 0.267. The molecule has 4 nitrogen and oxygen atoms in total. The molecule has 0 amide bonds. The largest absolute Gasteiger partial charge is 0.504 e. The number of aromatic nitrogens is 1. The minimum atomic E-state index is 0.102. The van der Waals surface area contributed by atoms with Crippen molar-refractivity contribution >= 4 is 6.29 Å². The first kappa shape index (κ1) is 13.2. The molecule has 0 bridgehead atoms. The lowest BCUT2D eigenvalue weighted by atomic mass is 10.1. The molecular formula is C15H17NO3. The van der Waals surface area contributed by atoms with Gasteiger partial charge in [0.1, 0.15) is 0 Å². The Balaban J connectivity index is 2.69. The number of hydrogen-bond acceptors (Lipinski definition) is 3. The van der Waals surface area contributed by atoms with Crippen LogP contribution >= 0.6 is 0 Å². The van der Waals surface area contributed by atoms with E-state index in [1.165, 1.54) is 7.11 Å². The molecule has 0 unspecified atom stereocenters. The van der Waals surface area contributed by atoms with Crippen LogP contribution < -0.4 is 4.74 Å². The highest BCUT2D eigenvalue weighted by Gasteiger charge is 2.17. The highest BCUT2D eigenvalue weighted by atomic mass is 16.5. The van der Waals surface area contributed by atoms with E-state index < -0.39 is 0 Å². The molecule has 1 aromatic carbocycles. The Labute approximate surface area is 112 Å². The molecule has 0 fully saturated rings. The second-order valence-corrected chi connectivity index (χ2v) is 4.54. The molecule has 1 aromatic heterocycles. The Morgan fingerprint density at radius 3 is 2.53 bits per heavy atom. The molecule has 0 radical (unpaired) electrons. The summed E-state index contributed by atoms with van der Waals surface area (Å²) in [6, 6.07) is 5.18. The number of ether oxygens (including phenoxy) is 1. The summed E-state index contributed by atoms with van der Waals surface area (Å²) in [5.74, 6) is 0.522. The number of phenolic OH excluding ortho intramolecular Hbond substituents is 1. The van der Waals surface area contributed by atoms with Crippen molar-refractivity contribution in [2.75, 3.05) is 7.11 Å². The normalized spacial score (nSPS) is 10.5. The molecule has 1 N–H and O–H groups in total. The quantitative estimate of drug-likeness (QED) is 0.862. The van der Waals surface area contributed by atoms with Crippen molar-refractivity contribution in [3.63, 3.8) is 0 Å². The predicted octanol–water partition coefficient (Wildman–Crippen LogP) is 2.84. The molecule has 0 atom stereocenters. The molecule has 0 saturated carbocycles. The van der Waals surface area contributed by atoms with Gasteiger partial charge in [-0.25, -0.2) is 0 Å². The Kier molecular flexibility index (Phi) is 3.34. The average molecular weight is 259 g/mol. The first-order valence-corrected chi connectivity index (χ1v) is 5.99. The van der Waals surface area contributed by atoms with Crippen LogP contribution in [-0.4, -0.2) is 23.1 Å². The molecule has 2 rings (SSSR count). The van der Waals surface area contributed by atoms with Gasteiger partial charge in [-0.3, -0.25) is 4.79 Å². The van der Waals surface area contributed by atoms with E-state index in [1.54, 1.807) is 12.1 Å². The highest BCUT2D eigenvalue weighted by Crippen LogP contribution is 2.35. The summed E-state index contributed by atoms with van der Waals surface area (Å²) in [7, 11) is 3.43. The standard InChI is InChI=1S/C15H17NO3/c1-9-12(8-17)10(2)16(3)15(9)11-5-6-13(18)14(7-11)19-4/h5-8,18H,1-4H3. The van der Waals surface area contributed by atoms with Gasteiger partial charge in [0, 0.05) is 23.9 Å². The summed E-state index contributed by atoms with van der Waals surface area (Å²) in [5.41, 5.74) is 4.44. The molecular weight excluding hydrogens is 242 g/mol. The van der Waals surface area contributed by atoms with Gasteiger partial charge in [-0.2, -0.15) is 0 Å². The highest BCUT2D eigenvalue weighted by molar-refractivity contribution is 5.85. The Hall–Kier alpha value is -2.23. The van der Waals surface area contributed by atoms with Crippen molar-refractivity contribution in [3.8, 4) is 22.8 Å². The molecule has 0 saturated heterocycles. The number of benzene rings is 1. The topological polar surface area (TPSA) is 51.5 Å². The number of phenols is 1. The molecule has 2 aromatic rings. The van der Waals surface area contributed by atoms with Crippen LogP contribution in [-0.2, 0) is 7.05 Å². The smallest absolute Gasteiger partial charge is 0.161 e. The summed E-state index contributed by atoms with van der Waals surface area (Å²) in [5, 5.41) is 9.64. The number of carbonyl (C=O) groups excluding carboxylic acids is 1. The van der Waals surface area contributed by atoms with Crippen LogP contribution in [0.4, 0.5) is 0 Å². The second-order valence-electron chi connectivity index (χ2n) is 4.54. The van der Waals surface area contributed by atoms with Crippen molar-refractivity contribution in [3.05, 3.63) is 35.0 Å². The van der Waals surface area contributed by atoms with Crippen LogP contribution in [0.2, 0.25) is 0 Å². The van der Waals surface area contributed by atoms with Crippen LogP contribution in [0.5, 0.6) is 11.5 Å². The summed E-state index contributed by atoms with van der Waals surface area (Å²) >= 11 is 0. The van der Waals surface area contributed by atoms with Gasteiger partial charge in [-0.15, -0.1) is 0 Å². The monoisotopic (exact) mass is 259 g/mol. The molecule has 0 spiro atoms. The number of nitrogens with zero attached hydrogens (tertiary/aromatic N) is 1. The van der Waals surface area contributed by atoms with E-state index in [1.807, 2.05) is 31.5 Å². The van der Waals surface area contributed by atoms with Gasteiger partial charge in [0.2, 0.25) is 0 Å². The lowest BCUT2D eigenvalue weighted by molar-refractivity contribution is 0.112. The number of aromatic hydroxyl groups is 1. The van der Waals surface area contributed by atoms with Gasteiger partial charge in [-0.05, 0) is 37.6 Å². The zero-order chi connectivity index (χ0) is 14.2. The van der Waals surface area contributed by atoms with Gasteiger partial charge in [0.25, 0.3) is 0 Å². The maximum atomic E-state index is 11.1. The third-order valence-corrected chi connectivity index (χ3v) is 3.56. The molecule has 100 valence electrons. The van der Waals surface area contributed by atoms with Gasteiger partial charge in [0.15, 0.2) is 17.8 Å². The van der Waals surface area contributed by atoms with Crippen LogP contribution in [0.25, 0.3) is 11.3 Å². The Morgan fingerprint density at radius 2 is 2.00 bits per heavy atom. The first-order chi connectivity index (χ1) is 9.01. The SMILES string of the molecule is COc1cc(-c2c(C)c(C=O)c(C)n2C)ccc1O. The fourth-order valence-electron chi connectivity index (χ4n) is 2.41. The van der Waals surface area contributed by atoms with E-state index in [9.17, 15) is 9.90 Å². The Bertz CT molecular complexity index is 641. The van der Waals surface area contributed by atoms with Gasteiger partial charge in [-0.1, -0.05) is 0 Å². The number of rotatable bonds is 3. The summed E-state index contributed by atoms with van der Waals surface area (Å²) in [6.45, 7) is 3.84. The van der Waals surface area contributed by atoms with Gasteiger partial charge < -0.3 is 14.4 Å². The zero-order valence-electron chi connectivity index (χ0n) is 11.5. The summed E-state index contributed by atoms with van der Waals surface area (Å²) in [6.07, 6.45) is 0.881. The number of carbonyl (C=O) groups is 1. The average Bonchev–Trinajstić information content (AvgIpc) is 2.61. The van der Waals surface area contributed by atoms with E-state index in [4.69, 9.17) is 4.74 Å².